The van der Waals surface area contributed by atoms with Crippen LogP contribution in [0.5, 0.6) is 0 Å². The van der Waals surface area contributed by atoms with E-state index >= 15 is 0 Å². The fourth-order valence-electron chi connectivity index (χ4n) is 3.54. The Hall–Kier alpha value is -2.88. The van der Waals surface area contributed by atoms with E-state index in [0.29, 0.717) is 39.5 Å². The van der Waals surface area contributed by atoms with E-state index in [-0.39, 0.29) is 17.8 Å². The summed E-state index contributed by atoms with van der Waals surface area (Å²) in [6.07, 6.45) is 5.95. The van der Waals surface area contributed by atoms with Crippen LogP contribution >= 0.6 is 35.4 Å². The van der Waals surface area contributed by atoms with E-state index in [1.54, 1.807) is 41.3 Å². The maximum atomic E-state index is 12.9. The van der Waals surface area contributed by atoms with E-state index in [0.717, 1.165) is 17.5 Å². The van der Waals surface area contributed by atoms with Gasteiger partial charge in [0.15, 0.2) is 5.11 Å². The van der Waals surface area contributed by atoms with Gasteiger partial charge >= 0.3 is 0 Å². The number of aryl methyl sites for hydroxylation is 1. The molecule has 3 aromatic rings. The maximum Gasteiger partial charge on any atom is 0.255 e. The van der Waals surface area contributed by atoms with Crippen molar-refractivity contribution < 1.29 is 4.79 Å². The van der Waals surface area contributed by atoms with E-state index in [1.807, 2.05) is 18.1 Å². The van der Waals surface area contributed by atoms with Gasteiger partial charge in [-0.3, -0.25) is 9.48 Å². The number of thiocarbonyl (C=S) groups is 1. The number of aromatic nitrogens is 3. The average molecular weight is 490 g/mol. The highest BCUT2D eigenvalue weighted by atomic mass is 35.5. The molecule has 1 aliphatic rings. The number of halogens is 2. The van der Waals surface area contributed by atoms with Gasteiger partial charge in [-0.2, -0.15) is 5.10 Å². The van der Waals surface area contributed by atoms with Crippen LogP contribution in [-0.4, -0.2) is 49.8 Å². The zero-order chi connectivity index (χ0) is 22.8. The van der Waals surface area contributed by atoms with Gasteiger partial charge in [0.1, 0.15) is 5.82 Å². The standard InChI is InChI=1S/C21H21Cl2N7OS/c1-29-10-13(9-26-29)12-4-18(19(24)25-8-12)20(31)27-16-2-3-30(11-16)21(32)28-17-6-14(22)5-15(23)7-17/h4-10,16H,2-3,11H2,1H3,(H2,24,25)(H,27,31)(H,28,32)/t16-/m1/s1. The largest absolute Gasteiger partial charge is 0.383 e. The number of benzene rings is 1. The molecule has 2 aromatic heterocycles. The highest BCUT2D eigenvalue weighted by molar-refractivity contribution is 7.80. The molecule has 1 aromatic carbocycles. The molecule has 0 radical (unpaired) electrons. The first kappa shape index (κ1) is 22.3. The molecule has 3 heterocycles. The summed E-state index contributed by atoms with van der Waals surface area (Å²) in [5.74, 6) is -0.0897. The van der Waals surface area contributed by atoms with Crippen LogP contribution in [0.15, 0.2) is 42.9 Å². The fourth-order valence-corrected chi connectivity index (χ4v) is 4.35. The Labute approximate surface area is 200 Å². The molecule has 166 valence electrons. The third kappa shape index (κ3) is 5.12. The summed E-state index contributed by atoms with van der Waals surface area (Å²) in [5.41, 5.74) is 8.66. The minimum Gasteiger partial charge on any atom is -0.383 e. The molecule has 1 saturated heterocycles. The van der Waals surface area contributed by atoms with Gasteiger partial charge in [-0.15, -0.1) is 0 Å². The number of carbonyl (C=O) groups excluding carboxylic acids is 1. The van der Waals surface area contributed by atoms with E-state index < -0.39 is 0 Å². The number of hydrogen-bond donors (Lipinski definition) is 3. The Morgan fingerprint density at radius 3 is 2.62 bits per heavy atom. The molecule has 1 amide bonds. The summed E-state index contributed by atoms with van der Waals surface area (Å²) in [6.45, 7) is 1.27. The molecule has 32 heavy (non-hydrogen) atoms. The second kappa shape index (κ2) is 9.32. The summed E-state index contributed by atoms with van der Waals surface area (Å²) in [7, 11) is 1.83. The van der Waals surface area contributed by atoms with Crippen LogP contribution in [0.4, 0.5) is 11.5 Å². The van der Waals surface area contributed by atoms with E-state index in [2.05, 4.69) is 20.7 Å². The molecule has 1 atom stereocenters. The second-order valence-electron chi connectivity index (χ2n) is 7.55. The number of nitrogens with one attached hydrogen (secondary N) is 2. The number of nitrogen functional groups attached to an aromatic ring is 1. The van der Waals surface area contributed by atoms with Gasteiger partial charge in [-0.1, -0.05) is 23.2 Å². The third-order valence-corrected chi connectivity index (χ3v) is 5.92. The molecule has 0 aliphatic carbocycles. The Morgan fingerprint density at radius 2 is 1.94 bits per heavy atom. The van der Waals surface area contributed by atoms with Crippen molar-refractivity contribution in [3.63, 3.8) is 0 Å². The Balaban J connectivity index is 1.39. The van der Waals surface area contributed by atoms with Crippen LogP contribution in [0.3, 0.4) is 0 Å². The van der Waals surface area contributed by atoms with Crippen molar-refractivity contribution in [3.05, 3.63) is 58.5 Å². The van der Waals surface area contributed by atoms with Crippen molar-refractivity contribution in [1.29, 1.82) is 0 Å². The molecule has 4 N–H and O–H groups in total. The lowest BCUT2D eigenvalue weighted by Gasteiger charge is -2.21. The van der Waals surface area contributed by atoms with Gasteiger partial charge in [0, 0.05) is 65.4 Å². The monoisotopic (exact) mass is 489 g/mol. The zero-order valence-electron chi connectivity index (χ0n) is 17.2. The lowest BCUT2D eigenvalue weighted by Crippen LogP contribution is -2.39. The van der Waals surface area contributed by atoms with Crippen molar-refractivity contribution in [2.45, 2.75) is 12.5 Å². The highest BCUT2D eigenvalue weighted by Gasteiger charge is 2.27. The number of anilines is 2. The molecule has 1 aliphatic heterocycles. The summed E-state index contributed by atoms with van der Waals surface area (Å²) in [6, 6.07) is 6.81. The van der Waals surface area contributed by atoms with Gasteiger partial charge in [-0.25, -0.2) is 4.98 Å². The number of carbonyl (C=O) groups is 1. The number of nitrogens with zero attached hydrogens (tertiary/aromatic N) is 4. The summed E-state index contributed by atoms with van der Waals surface area (Å²) in [5, 5.41) is 11.9. The van der Waals surface area contributed by atoms with Crippen LogP contribution in [0.2, 0.25) is 10.0 Å². The summed E-state index contributed by atoms with van der Waals surface area (Å²) >= 11 is 17.6. The molecule has 8 nitrogen and oxygen atoms in total. The fraction of sp³-hybridized carbons (Fsp3) is 0.238. The molecule has 0 bridgehead atoms. The molecule has 0 spiro atoms. The van der Waals surface area contributed by atoms with Crippen LogP contribution < -0.4 is 16.4 Å². The maximum absolute atomic E-state index is 12.9. The van der Waals surface area contributed by atoms with Gasteiger partial charge in [-0.05, 0) is 42.9 Å². The molecule has 11 heteroatoms. The Bertz CT molecular complexity index is 1160. The number of rotatable bonds is 4. The number of nitrogens with two attached hydrogens (primary N) is 1. The highest BCUT2D eigenvalue weighted by Crippen LogP contribution is 2.24. The average Bonchev–Trinajstić information content (AvgIpc) is 3.36. The molecule has 0 saturated carbocycles. The number of likely N-dealkylation sites (tertiary alicyclic amines) is 1. The predicted octanol–water partition coefficient (Wildman–Crippen LogP) is 3.57. The number of hydrogen-bond acceptors (Lipinski definition) is 5. The smallest absolute Gasteiger partial charge is 0.255 e. The van der Waals surface area contributed by atoms with Crippen molar-refractivity contribution >= 4 is 57.9 Å². The van der Waals surface area contributed by atoms with Crippen LogP contribution in [-0.2, 0) is 7.05 Å². The molecule has 0 unspecified atom stereocenters. The SMILES string of the molecule is Cn1cc(-c2cnc(N)c(C(=O)N[C@@H]3CCN(C(=S)Nc4cc(Cl)cc(Cl)c4)C3)c2)cn1. The first-order valence-corrected chi connectivity index (χ1v) is 11.0. The lowest BCUT2D eigenvalue weighted by atomic mass is 10.1. The number of pyridine rings is 1. The zero-order valence-corrected chi connectivity index (χ0v) is 19.5. The van der Waals surface area contributed by atoms with E-state index in [4.69, 9.17) is 41.2 Å². The minimum absolute atomic E-state index is 0.0772. The lowest BCUT2D eigenvalue weighted by molar-refractivity contribution is 0.0939. The molecule has 1 fully saturated rings. The second-order valence-corrected chi connectivity index (χ2v) is 8.81. The van der Waals surface area contributed by atoms with Crippen molar-refractivity contribution in [1.82, 2.24) is 25.0 Å². The topological polar surface area (TPSA) is 101 Å². The van der Waals surface area contributed by atoms with Gasteiger partial charge in [0.25, 0.3) is 5.91 Å². The van der Waals surface area contributed by atoms with E-state index in [1.165, 1.54) is 0 Å². The van der Waals surface area contributed by atoms with Gasteiger partial charge in [0.2, 0.25) is 0 Å². The first-order chi connectivity index (χ1) is 15.3. The van der Waals surface area contributed by atoms with Crippen molar-refractivity contribution in [3.8, 4) is 11.1 Å². The summed E-state index contributed by atoms with van der Waals surface area (Å²) < 4.78 is 1.69. The van der Waals surface area contributed by atoms with Gasteiger partial charge < -0.3 is 21.3 Å². The predicted molar refractivity (Wildman–Crippen MR) is 131 cm³/mol. The first-order valence-electron chi connectivity index (χ1n) is 9.86. The Kier molecular flexibility index (Phi) is 6.50. The quantitative estimate of drug-likeness (QED) is 0.481. The Morgan fingerprint density at radius 1 is 1.19 bits per heavy atom. The van der Waals surface area contributed by atoms with Crippen LogP contribution in [0.25, 0.3) is 11.1 Å². The third-order valence-electron chi connectivity index (χ3n) is 5.13. The summed E-state index contributed by atoms with van der Waals surface area (Å²) in [4.78, 5) is 19.1. The normalized spacial score (nSPS) is 15.6. The molecule has 4 rings (SSSR count). The van der Waals surface area contributed by atoms with Crippen LogP contribution in [0.1, 0.15) is 16.8 Å². The van der Waals surface area contributed by atoms with Crippen molar-refractivity contribution in [2.24, 2.45) is 7.05 Å². The molecular formula is C21H21Cl2N7OS. The molecular weight excluding hydrogens is 469 g/mol. The van der Waals surface area contributed by atoms with Gasteiger partial charge in [0.05, 0.1) is 11.8 Å². The number of amides is 1. The van der Waals surface area contributed by atoms with E-state index in [9.17, 15) is 4.79 Å². The minimum atomic E-state index is -0.270. The van der Waals surface area contributed by atoms with Crippen molar-refractivity contribution in [2.75, 3.05) is 24.1 Å². The van der Waals surface area contributed by atoms with Crippen LogP contribution in [0, 0.1) is 0 Å².